The normalized spacial score (nSPS) is 15.2. The molecule has 1 aromatic heterocycles. The third kappa shape index (κ3) is 4.10. The number of alkyl halides is 1. The number of carbonyl (C=O) groups excluding carboxylic acids is 1. The van der Waals surface area contributed by atoms with Crippen molar-refractivity contribution in [3.8, 4) is 11.1 Å². The minimum absolute atomic E-state index is 0.00292. The average molecular weight is 393 g/mol. The van der Waals surface area contributed by atoms with Gasteiger partial charge in [0.1, 0.15) is 5.88 Å². The SMILES string of the molecule is CN(C)c1ncc(-c2cccc(Cl)c2)c(C2CCN(C(=O)CCl)CC2)n1. The largest absolute Gasteiger partial charge is 0.347 e. The van der Waals surface area contributed by atoms with Crippen LogP contribution in [-0.2, 0) is 4.79 Å². The maximum atomic E-state index is 11.8. The van der Waals surface area contributed by atoms with Crippen LogP contribution in [0.15, 0.2) is 30.5 Å². The van der Waals surface area contributed by atoms with Crippen LogP contribution in [-0.4, -0.2) is 53.8 Å². The molecule has 2 aromatic rings. The molecule has 138 valence electrons. The van der Waals surface area contributed by atoms with E-state index in [4.69, 9.17) is 28.2 Å². The number of anilines is 1. The predicted octanol–water partition coefficient (Wildman–Crippen LogP) is 3.81. The molecule has 1 fully saturated rings. The highest BCUT2D eigenvalue weighted by Crippen LogP contribution is 2.35. The molecule has 0 bridgehead atoms. The summed E-state index contributed by atoms with van der Waals surface area (Å²) in [5.74, 6) is 0.989. The lowest BCUT2D eigenvalue weighted by atomic mass is 9.89. The summed E-state index contributed by atoms with van der Waals surface area (Å²) in [7, 11) is 3.86. The zero-order valence-electron chi connectivity index (χ0n) is 15.0. The highest BCUT2D eigenvalue weighted by atomic mass is 35.5. The first-order valence-electron chi connectivity index (χ1n) is 8.63. The number of benzene rings is 1. The van der Waals surface area contributed by atoms with E-state index in [9.17, 15) is 4.79 Å². The summed E-state index contributed by atoms with van der Waals surface area (Å²) in [6, 6.07) is 7.75. The summed E-state index contributed by atoms with van der Waals surface area (Å²) in [6.45, 7) is 1.40. The van der Waals surface area contributed by atoms with Gasteiger partial charge < -0.3 is 9.80 Å². The Bertz CT molecular complexity index is 789. The third-order valence-corrected chi connectivity index (χ3v) is 5.15. The molecular formula is C19H22Cl2N4O. The van der Waals surface area contributed by atoms with Gasteiger partial charge in [-0.1, -0.05) is 23.7 Å². The van der Waals surface area contributed by atoms with Gasteiger partial charge in [0.2, 0.25) is 11.9 Å². The predicted molar refractivity (Wildman–Crippen MR) is 106 cm³/mol. The molecule has 1 aliphatic rings. The minimum Gasteiger partial charge on any atom is -0.347 e. The first-order chi connectivity index (χ1) is 12.5. The lowest BCUT2D eigenvalue weighted by Crippen LogP contribution is -2.38. The van der Waals surface area contributed by atoms with Crippen molar-refractivity contribution in [1.82, 2.24) is 14.9 Å². The van der Waals surface area contributed by atoms with Gasteiger partial charge in [0.05, 0.1) is 5.69 Å². The number of rotatable bonds is 4. The van der Waals surface area contributed by atoms with Crippen molar-refractivity contribution < 1.29 is 4.79 Å². The molecule has 7 heteroatoms. The second-order valence-electron chi connectivity index (χ2n) is 6.66. The van der Waals surface area contributed by atoms with Gasteiger partial charge in [-0.05, 0) is 30.5 Å². The summed E-state index contributed by atoms with van der Waals surface area (Å²) in [5.41, 5.74) is 3.03. The number of nitrogens with zero attached hydrogens (tertiary/aromatic N) is 4. The van der Waals surface area contributed by atoms with Crippen LogP contribution in [0.2, 0.25) is 5.02 Å². The van der Waals surface area contributed by atoms with Gasteiger partial charge in [-0.3, -0.25) is 4.79 Å². The molecule has 0 aliphatic carbocycles. The Hall–Kier alpha value is -1.85. The van der Waals surface area contributed by atoms with E-state index >= 15 is 0 Å². The Balaban J connectivity index is 1.94. The van der Waals surface area contributed by atoms with Crippen molar-refractivity contribution in [1.29, 1.82) is 0 Å². The first-order valence-corrected chi connectivity index (χ1v) is 9.54. The highest BCUT2D eigenvalue weighted by molar-refractivity contribution is 6.30. The Morgan fingerprint density at radius 3 is 2.65 bits per heavy atom. The Morgan fingerprint density at radius 1 is 1.31 bits per heavy atom. The van der Waals surface area contributed by atoms with Gasteiger partial charge in [0.25, 0.3) is 0 Å². The maximum Gasteiger partial charge on any atom is 0.237 e. The van der Waals surface area contributed by atoms with Crippen molar-refractivity contribution in [3.63, 3.8) is 0 Å². The molecule has 0 radical (unpaired) electrons. The molecule has 1 amide bonds. The molecule has 0 saturated carbocycles. The quantitative estimate of drug-likeness (QED) is 0.742. The van der Waals surface area contributed by atoms with Crippen molar-refractivity contribution in [3.05, 3.63) is 41.2 Å². The van der Waals surface area contributed by atoms with E-state index in [0.29, 0.717) is 24.1 Å². The van der Waals surface area contributed by atoms with Crippen LogP contribution in [0.25, 0.3) is 11.1 Å². The van der Waals surface area contributed by atoms with Crippen molar-refractivity contribution >= 4 is 35.1 Å². The van der Waals surface area contributed by atoms with Crippen LogP contribution in [0.5, 0.6) is 0 Å². The minimum atomic E-state index is -0.00292. The van der Waals surface area contributed by atoms with E-state index < -0.39 is 0 Å². The van der Waals surface area contributed by atoms with E-state index in [1.54, 1.807) is 0 Å². The van der Waals surface area contributed by atoms with Crippen LogP contribution in [0, 0.1) is 0 Å². The molecule has 5 nitrogen and oxygen atoms in total. The van der Waals surface area contributed by atoms with Gasteiger partial charge in [0, 0.05) is 49.9 Å². The average Bonchev–Trinajstić information content (AvgIpc) is 2.67. The van der Waals surface area contributed by atoms with E-state index in [1.165, 1.54) is 0 Å². The van der Waals surface area contributed by atoms with Crippen molar-refractivity contribution in [2.75, 3.05) is 38.0 Å². The number of carbonyl (C=O) groups is 1. The first kappa shape index (κ1) is 18.9. The van der Waals surface area contributed by atoms with E-state index in [2.05, 4.69) is 4.98 Å². The Kier molecular flexibility index (Phi) is 5.99. The van der Waals surface area contributed by atoms with Gasteiger partial charge >= 0.3 is 0 Å². The van der Waals surface area contributed by atoms with E-state index in [-0.39, 0.29) is 17.7 Å². The fraction of sp³-hybridized carbons (Fsp3) is 0.421. The molecule has 0 unspecified atom stereocenters. The highest BCUT2D eigenvalue weighted by Gasteiger charge is 2.27. The van der Waals surface area contributed by atoms with Gasteiger partial charge in [-0.25, -0.2) is 9.97 Å². The van der Waals surface area contributed by atoms with Crippen LogP contribution >= 0.6 is 23.2 Å². The molecule has 0 N–H and O–H groups in total. The number of piperidine rings is 1. The zero-order chi connectivity index (χ0) is 18.7. The van der Waals surface area contributed by atoms with Gasteiger partial charge in [-0.2, -0.15) is 0 Å². The summed E-state index contributed by atoms with van der Waals surface area (Å²) in [5, 5.41) is 0.688. The number of amides is 1. The maximum absolute atomic E-state index is 11.8. The number of hydrogen-bond acceptors (Lipinski definition) is 4. The summed E-state index contributed by atoms with van der Waals surface area (Å²) < 4.78 is 0. The number of hydrogen-bond donors (Lipinski definition) is 0. The fourth-order valence-corrected chi connectivity index (χ4v) is 3.64. The molecule has 2 heterocycles. The van der Waals surface area contributed by atoms with Gasteiger partial charge in [0.15, 0.2) is 0 Å². The molecular weight excluding hydrogens is 371 g/mol. The summed E-state index contributed by atoms with van der Waals surface area (Å²) in [4.78, 5) is 24.9. The van der Waals surface area contributed by atoms with Crippen LogP contribution < -0.4 is 4.90 Å². The Morgan fingerprint density at radius 2 is 2.04 bits per heavy atom. The Labute approximate surface area is 163 Å². The third-order valence-electron chi connectivity index (χ3n) is 4.69. The van der Waals surface area contributed by atoms with Crippen molar-refractivity contribution in [2.24, 2.45) is 0 Å². The number of likely N-dealkylation sites (tertiary alicyclic amines) is 1. The summed E-state index contributed by atoms with van der Waals surface area (Å²) >= 11 is 11.9. The standard InChI is InChI=1S/C19H22Cl2N4O/c1-24(2)19-22-12-16(14-4-3-5-15(21)10-14)18(23-19)13-6-8-25(9-7-13)17(26)11-20/h3-5,10,12-13H,6-9,11H2,1-2H3. The molecule has 3 rings (SSSR count). The zero-order valence-corrected chi connectivity index (χ0v) is 16.5. The molecule has 0 atom stereocenters. The van der Waals surface area contributed by atoms with E-state index in [0.717, 1.165) is 29.7 Å². The lowest BCUT2D eigenvalue weighted by Gasteiger charge is -2.32. The lowest BCUT2D eigenvalue weighted by molar-refractivity contribution is -0.129. The van der Waals surface area contributed by atoms with Crippen LogP contribution in [0.1, 0.15) is 24.5 Å². The second kappa shape index (κ2) is 8.23. The molecule has 0 spiro atoms. The molecule has 1 aliphatic heterocycles. The van der Waals surface area contributed by atoms with E-state index in [1.807, 2.05) is 54.4 Å². The fourth-order valence-electron chi connectivity index (χ4n) is 3.28. The van der Waals surface area contributed by atoms with Crippen molar-refractivity contribution in [2.45, 2.75) is 18.8 Å². The monoisotopic (exact) mass is 392 g/mol. The summed E-state index contributed by atoms with van der Waals surface area (Å²) in [6.07, 6.45) is 3.60. The second-order valence-corrected chi connectivity index (χ2v) is 7.37. The number of halogens is 2. The smallest absolute Gasteiger partial charge is 0.237 e. The molecule has 1 aromatic carbocycles. The number of aromatic nitrogens is 2. The van der Waals surface area contributed by atoms with Crippen LogP contribution in [0.3, 0.4) is 0 Å². The van der Waals surface area contributed by atoms with Crippen LogP contribution in [0.4, 0.5) is 5.95 Å². The molecule has 26 heavy (non-hydrogen) atoms. The van der Waals surface area contributed by atoms with Gasteiger partial charge in [-0.15, -0.1) is 11.6 Å². The molecule has 1 saturated heterocycles. The topological polar surface area (TPSA) is 49.3 Å².